The van der Waals surface area contributed by atoms with Gasteiger partial charge in [0.05, 0.1) is 23.2 Å². The summed E-state index contributed by atoms with van der Waals surface area (Å²) in [6.45, 7) is 13.7. The molecule has 0 bridgehead atoms. The van der Waals surface area contributed by atoms with E-state index in [1.165, 1.54) is 24.1 Å². The van der Waals surface area contributed by atoms with Gasteiger partial charge in [0.1, 0.15) is 36.7 Å². The lowest BCUT2D eigenvalue weighted by Crippen LogP contribution is -2.43. The van der Waals surface area contributed by atoms with E-state index >= 15 is 8.78 Å². The zero-order valence-electron chi connectivity index (χ0n) is 30.4. The first-order valence-corrected chi connectivity index (χ1v) is 21.1. The van der Waals surface area contributed by atoms with Gasteiger partial charge in [0.15, 0.2) is 12.6 Å². The molecule has 0 unspecified atom stereocenters. The first-order chi connectivity index (χ1) is 23.8. The summed E-state index contributed by atoms with van der Waals surface area (Å²) < 4.78 is 98.8. The van der Waals surface area contributed by atoms with E-state index in [1.807, 2.05) is 0 Å². The fraction of sp³-hybridized carbons (Fsp3) is 0.486. The molecule has 274 valence electrons. The van der Waals surface area contributed by atoms with Crippen molar-refractivity contribution >= 4 is 45.4 Å². The molecule has 4 aromatic rings. The molecule has 8 nitrogen and oxygen atoms in total. The Balaban J connectivity index is 1.89. The van der Waals surface area contributed by atoms with Crippen molar-refractivity contribution in [2.45, 2.75) is 89.0 Å². The Morgan fingerprint density at radius 1 is 1.00 bits per heavy atom. The second-order valence-electron chi connectivity index (χ2n) is 14.3. The summed E-state index contributed by atoms with van der Waals surface area (Å²) >= 11 is 0. The molecule has 0 spiro atoms. The number of ether oxygens (including phenoxy) is 2. The number of methoxy groups -OCH3 is 1. The molecule has 1 fully saturated rings. The molecule has 2 aromatic carbocycles. The molecule has 1 aliphatic rings. The molecule has 5 rings (SSSR count). The van der Waals surface area contributed by atoms with Crippen LogP contribution in [0.1, 0.15) is 65.6 Å². The highest BCUT2D eigenvalue weighted by Gasteiger charge is 2.42. The Kier molecular flexibility index (Phi) is 10.8. The molecular formula is C37H44F4N4O4SSi. The topological polar surface area (TPSA) is 94.5 Å². The number of hydrogen-bond donors (Lipinski definition) is 0. The van der Waals surface area contributed by atoms with Crippen LogP contribution >= 0.6 is 0 Å². The average Bonchev–Trinajstić information content (AvgIpc) is 3.04. The third-order valence-corrected chi connectivity index (χ3v) is 17.0. The number of halogens is 4. The highest BCUT2D eigenvalue weighted by Crippen LogP contribution is 2.43. The molecule has 0 radical (unpaired) electrons. The van der Waals surface area contributed by atoms with Gasteiger partial charge in [0.25, 0.3) is 5.92 Å². The van der Waals surface area contributed by atoms with Gasteiger partial charge in [-0.25, -0.2) is 40.9 Å². The molecule has 0 amide bonds. The fourth-order valence-electron chi connectivity index (χ4n) is 7.56. The van der Waals surface area contributed by atoms with Gasteiger partial charge in [-0.2, -0.15) is 0 Å². The zero-order chi connectivity index (χ0) is 37.6. The summed E-state index contributed by atoms with van der Waals surface area (Å²) in [4.78, 5) is 14.2. The minimum absolute atomic E-state index is 0.00484. The molecular weight excluding hydrogens is 701 g/mol. The van der Waals surface area contributed by atoms with Crippen molar-refractivity contribution in [2.75, 3.05) is 38.1 Å². The van der Waals surface area contributed by atoms with Crippen molar-refractivity contribution in [3.8, 4) is 28.5 Å². The molecule has 1 aliphatic heterocycles. The van der Waals surface area contributed by atoms with E-state index in [2.05, 4.69) is 68.0 Å². The zero-order valence-corrected chi connectivity index (χ0v) is 32.2. The van der Waals surface area contributed by atoms with Crippen LogP contribution in [0.4, 0.5) is 23.4 Å². The van der Waals surface area contributed by atoms with E-state index < -0.39 is 52.7 Å². The van der Waals surface area contributed by atoms with Gasteiger partial charge in [0, 0.05) is 37.3 Å². The molecule has 14 heteroatoms. The maximum absolute atomic E-state index is 17.1. The van der Waals surface area contributed by atoms with Gasteiger partial charge >= 0.3 is 0 Å². The van der Waals surface area contributed by atoms with Gasteiger partial charge < -0.3 is 14.4 Å². The van der Waals surface area contributed by atoms with Crippen molar-refractivity contribution in [1.82, 2.24) is 15.0 Å². The van der Waals surface area contributed by atoms with Crippen LogP contribution in [0, 0.1) is 30.0 Å². The van der Waals surface area contributed by atoms with Gasteiger partial charge in [-0.3, -0.25) is 0 Å². The molecule has 2 aromatic heterocycles. The number of benzene rings is 2. The summed E-state index contributed by atoms with van der Waals surface area (Å²) in [6.07, 6.45) is 0.638. The first kappa shape index (κ1) is 38.4. The van der Waals surface area contributed by atoms with Crippen LogP contribution in [0.3, 0.4) is 0 Å². The van der Waals surface area contributed by atoms with E-state index in [9.17, 15) is 17.2 Å². The summed E-state index contributed by atoms with van der Waals surface area (Å²) in [6, 6.07) is 6.03. The average molecular weight is 745 g/mol. The van der Waals surface area contributed by atoms with Crippen molar-refractivity contribution in [3.63, 3.8) is 0 Å². The van der Waals surface area contributed by atoms with Crippen LogP contribution in [-0.4, -0.2) is 70.6 Å². The minimum atomic E-state index is -4.12. The summed E-state index contributed by atoms with van der Waals surface area (Å²) in [5, 5.41) is 0.0614. The van der Waals surface area contributed by atoms with Gasteiger partial charge in [-0.1, -0.05) is 53.5 Å². The minimum Gasteiger partial charge on any atom is -0.468 e. The third-order valence-electron chi connectivity index (χ3n) is 9.86. The molecule has 1 saturated heterocycles. The summed E-state index contributed by atoms with van der Waals surface area (Å²) in [5.74, 6) is -1.36. The van der Waals surface area contributed by atoms with Crippen LogP contribution in [0.15, 0.2) is 29.4 Å². The number of rotatable bonds is 9. The Morgan fingerprint density at radius 3 is 2.25 bits per heavy atom. The number of hydrogen-bond acceptors (Lipinski definition) is 8. The van der Waals surface area contributed by atoms with E-state index in [-0.39, 0.29) is 87.7 Å². The number of piperidine rings is 1. The van der Waals surface area contributed by atoms with Crippen LogP contribution in [0.2, 0.25) is 16.6 Å². The third kappa shape index (κ3) is 7.30. The monoisotopic (exact) mass is 744 g/mol. The fourth-order valence-corrected chi connectivity index (χ4v) is 13.3. The lowest BCUT2D eigenvalue weighted by atomic mass is 9.95. The predicted molar refractivity (Wildman–Crippen MR) is 195 cm³/mol. The molecule has 0 N–H and O–H groups in total. The summed E-state index contributed by atoms with van der Waals surface area (Å²) in [5.41, 5.74) is 4.02. The quantitative estimate of drug-likeness (QED) is 0.0553. The van der Waals surface area contributed by atoms with Crippen molar-refractivity contribution in [2.24, 2.45) is 0 Å². The van der Waals surface area contributed by atoms with Crippen molar-refractivity contribution in [3.05, 3.63) is 47.2 Å². The lowest BCUT2D eigenvalue weighted by Gasteiger charge is -2.38. The Hall–Kier alpha value is -3.80. The Morgan fingerprint density at radius 2 is 1.67 bits per heavy atom. The molecule has 0 saturated carbocycles. The largest absolute Gasteiger partial charge is 0.468 e. The molecule has 0 atom stereocenters. The lowest BCUT2D eigenvalue weighted by molar-refractivity contribution is -0.0118. The molecule has 3 heterocycles. The highest BCUT2D eigenvalue weighted by molar-refractivity contribution is 7.90. The second kappa shape index (κ2) is 14.3. The van der Waals surface area contributed by atoms with E-state index in [4.69, 9.17) is 9.47 Å². The SMILES string of the molecule is COCOc1cc(-c2nc(C)c3c(N4CCCC(F)(F)C4)nc(S(C)(=O)=O)nc3c2F)c2c(C#C[Si](C(C)C)(C(C)C)C(C)C)c(F)ccc2c1. The van der Waals surface area contributed by atoms with Crippen LogP contribution in [0.5, 0.6) is 5.75 Å². The van der Waals surface area contributed by atoms with E-state index in [0.717, 1.165) is 6.26 Å². The van der Waals surface area contributed by atoms with Crippen molar-refractivity contribution in [1.29, 1.82) is 0 Å². The number of nitrogens with zero attached hydrogens (tertiary/aromatic N) is 4. The normalized spacial score (nSPS) is 15.3. The molecule has 51 heavy (non-hydrogen) atoms. The van der Waals surface area contributed by atoms with Crippen LogP contribution < -0.4 is 9.64 Å². The first-order valence-electron chi connectivity index (χ1n) is 16.9. The van der Waals surface area contributed by atoms with Crippen LogP contribution in [-0.2, 0) is 14.6 Å². The van der Waals surface area contributed by atoms with Gasteiger partial charge in [0.2, 0.25) is 15.0 Å². The standard InChI is InChI=1S/C37H44F4N4O4SSi/c1-21(2)51(22(3)4,23(5)6)16-13-27-29(38)12-11-25-17-26(49-20-48-8)18-28(31(25)27)33-32(39)34-30(24(7)42-33)35(44-36(43-34)50(9,46)47)45-15-10-14-37(40,41)19-45/h11-12,17-18,21-23H,10,14-15,19-20H2,1-9H3. The number of sulfone groups is 1. The van der Waals surface area contributed by atoms with Gasteiger partial charge in [-0.15, -0.1) is 5.54 Å². The molecule has 0 aliphatic carbocycles. The number of alkyl halides is 2. The van der Waals surface area contributed by atoms with E-state index in [0.29, 0.717) is 5.39 Å². The number of aromatic nitrogens is 3. The Labute approximate surface area is 297 Å². The number of aryl methyl sites for hydroxylation is 1. The Bertz CT molecular complexity index is 2150. The number of fused-ring (bicyclic) bond motifs is 2. The number of anilines is 1. The maximum atomic E-state index is 17.1. The van der Waals surface area contributed by atoms with Gasteiger partial charge in [-0.05, 0) is 53.6 Å². The van der Waals surface area contributed by atoms with Crippen molar-refractivity contribution < 1.29 is 35.5 Å². The smallest absolute Gasteiger partial charge is 0.265 e. The highest BCUT2D eigenvalue weighted by atomic mass is 32.2. The second-order valence-corrected chi connectivity index (χ2v) is 21.7. The van der Waals surface area contributed by atoms with E-state index in [1.54, 1.807) is 19.1 Å². The summed E-state index contributed by atoms with van der Waals surface area (Å²) in [7, 11) is -5.02. The maximum Gasteiger partial charge on any atom is 0.265 e. The predicted octanol–water partition coefficient (Wildman–Crippen LogP) is 8.62. The van der Waals surface area contributed by atoms with Crippen LogP contribution in [0.25, 0.3) is 32.9 Å². The number of pyridine rings is 1.